The Balaban J connectivity index is 1.92. The summed E-state index contributed by atoms with van der Waals surface area (Å²) in [5, 5.41) is 12.0. The molecule has 29 heavy (non-hydrogen) atoms. The molecule has 0 spiro atoms. The van der Waals surface area contributed by atoms with Crippen molar-refractivity contribution in [1.82, 2.24) is 9.88 Å². The molecular formula is C20H16BrFN4O2S. The molecule has 0 bridgehead atoms. The number of hydrogen-bond donors (Lipinski definition) is 0. The summed E-state index contributed by atoms with van der Waals surface area (Å²) in [5.74, 6) is -0.524. The minimum absolute atomic E-state index is 0.220. The summed E-state index contributed by atoms with van der Waals surface area (Å²) >= 11 is 4.84. The third-order valence-corrected chi connectivity index (χ3v) is 6.27. The van der Waals surface area contributed by atoms with Crippen molar-refractivity contribution in [1.29, 1.82) is 5.26 Å². The van der Waals surface area contributed by atoms with Gasteiger partial charge in [-0.2, -0.15) is 5.26 Å². The number of hydrogen-bond acceptors (Lipinski definition) is 7. The van der Waals surface area contributed by atoms with E-state index in [2.05, 4.69) is 27.0 Å². The molecule has 1 fully saturated rings. The van der Waals surface area contributed by atoms with Crippen molar-refractivity contribution < 1.29 is 13.9 Å². The highest BCUT2D eigenvalue weighted by Crippen LogP contribution is 2.43. The second kappa shape index (κ2) is 8.05. The molecule has 2 atom stereocenters. The topological polar surface area (TPSA) is 78.6 Å². The molecule has 0 N–H and O–H groups in total. The minimum atomic E-state index is -0.688. The fourth-order valence-electron chi connectivity index (χ4n) is 3.60. The van der Waals surface area contributed by atoms with Crippen molar-refractivity contribution in [2.45, 2.75) is 19.4 Å². The van der Waals surface area contributed by atoms with E-state index >= 15 is 0 Å². The molecule has 3 heterocycles. The molecule has 2 aliphatic heterocycles. The number of aliphatic imine (C=N–C) groups is 1. The maximum Gasteiger partial charge on any atom is 0.338 e. The molecular weight excluding hydrogens is 459 g/mol. The highest BCUT2D eigenvalue weighted by Gasteiger charge is 2.42. The first-order chi connectivity index (χ1) is 14.0. The summed E-state index contributed by atoms with van der Waals surface area (Å²) in [6, 6.07) is 5.90. The van der Waals surface area contributed by atoms with Gasteiger partial charge in [0.25, 0.3) is 0 Å². The maximum absolute atomic E-state index is 13.7. The van der Waals surface area contributed by atoms with Crippen LogP contribution < -0.4 is 0 Å². The zero-order valence-electron chi connectivity index (χ0n) is 15.4. The highest BCUT2D eigenvalue weighted by atomic mass is 79.9. The van der Waals surface area contributed by atoms with E-state index in [0.717, 1.165) is 5.70 Å². The molecule has 9 heteroatoms. The molecule has 0 amide bonds. The zero-order chi connectivity index (χ0) is 20.5. The number of thiazole rings is 1. The molecule has 1 aromatic heterocycles. The van der Waals surface area contributed by atoms with Crippen molar-refractivity contribution in [3.05, 3.63) is 61.9 Å². The van der Waals surface area contributed by atoms with E-state index in [1.807, 2.05) is 10.3 Å². The summed E-state index contributed by atoms with van der Waals surface area (Å²) in [5.41, 5.74) is 1.75. The van der Waals surface area contributed by atoms with Gasteiger partial charge in [0, 0.05) is 34.7 Å². The summed E-state index contributed by atoms with van der Waals surface area (Å²) in [6.07, 6.45) is 2.11. The van der Waals surface area contributed by atoms with Crippen LogP contribution in [0.25, 0.3) is 0 Å². The Bertz CT molecular complexity index is 1060. The van der Waals surface area contributed by atoms with Gasteiger partial charge >= 0.3 is 5.97 Å². The number of halogens is 2. The molecule has 148 valence electrons. The van der Waals surface area contributed by atoms with Crippen LogP contribution in [-0.2, 0) is 9.53 Å². The van der Waals surface area contributed by atoms with Crippen molar-refractivity contribution in [2.24, 2.45) is 10.9 Å². The van der Waals surface area contributed by atoms with Crippen LogP contribution in [0.1, 0.15) is 30.0 Å². The third kappa shape index (κ3) is 3.58. The Hall–Kier alpha value is -2.57. The minimum Gasteiger partial charge on any atom is -0.463 e. The van der Waals surface area contributed by atoms with Crippen molar-refractivity contribution >= 4 is 39.1 Å². The third-order valence-electron chi connectivity index (χ3n) is 4.82. The van der Waals surface area contributed by atoms with Gasteiger partial charge < -0.3 is 9.64 Å². The monoisotopic (exact) mass is 474 g/mol. The Morgan fingerprint density at radius 3 is 3.00 bits per heavy atom. The summed E-state index contributed by atoms with van der Waals surface area (Å²) in [6.45, 7) is 2.39. The van der Waals surface area contributed by atoms with Crippen molar-refractivity contribution in [2.75, 3.05) is 13.2 Å². The van der Waals surface area contributed by atoms with E-state index in [1.165, 1.54) is 23.5 Å². The molecule has 1 unspecified atom stereocenters. The number of ether oxygens (including phenoxy) is 1. The molecule has 1 aromatic carbocycles. The predicted octanol–water partition coefficient (Wildman–Crippen LogP) is 4.21. The van der Waals surface area contributed by atoms with Crippen LogP contribution >= 0.6 is 27.3 Å². The van der Waals surface area contributed by atoms with Gasteiger partial charge in [-0.1, -0.05) is 22.0 Å². The molecule has 0 radical (unpaired) electrons. The fraction of sp³-hybridized carbons (Fsp3) is 0.300. The van der Waals surface area contributed by atoms with Crippen LogP contribution in [0.2, 0.25) is 0 Å². The Labute approximate surface area is 179 Å². The first kappa shape index (κ1) is 19.7. The molecule has 6 nitrogen and oxygen atoms in total. The zero-order valence-corrected chi connectivity index (χ0v) is 17.8. The number of nitriles is 1. The van der Waals surface area contributed by atoms with Gasteiger partial charge in [0.15, 0.2) is 10.8 Å². The van der Waals surface area contributed by atoms with Crippen LogP contribution in [0.3, 0.4) is 0 Å². The average molecular weight is 475 g/mol. The normalized spacial score (nSPS) is 20.9. The lowest BCUT2D eigenvalue weighted by molar-refractivity contribution is -0.139. The van der Waals surface area contributed by atoms with Crippen LogP contribution in [0.4, 0.5) is 4.39 Å². The molecule has 0 aliphatic carbocycles. The average Bonchev–Trinajstić information content (AvgIpc) is 3.37. The lowest BCUT2D eigenvalue weighted by Gasteiger charge is -2.31. The SMILES string of the molecule is CCOC(=O)C1=C2CC(C#N)CN2C(c2nccs2)=N[C@H]1c1ccc(F)cc1Br. The second-order valence-corrected chi connectivity index (χ2v) is 8.33. The number of benzene rings is 1. The van der Waals surface area contributed by atoms with E-state index in [4.69, 9.17) is 9.73 Å². The van der Waals surface area contributed by atoms with Crippen LogP contribution in [0.15, 0.2) is 50.5 Å². The number of allylic oxidation sites excluding steroid dienone is 1. The van der Waals surface area contributed by atoms with Crippen molar-refractivity contribution in [3.8, 4) is 6.07 Å². The number of carbonyl (C=O) groups excluding carboxylic acids is 1. The smallest absolute Gasteiger partial charge is 0.338 e. The number of fused-ring (bicyclic) bond motifs is 1. The Kier molecular flexibility index (Phi) is 5.48. The number of rotatable bonds is 4. The van der Waals surface area contributed by atoms with E-state index in [1.54, 1.807) is 19.2 Å². The Morgan fingerprint density at radius 2 is 2.34 bits per heavy atom. The van der Waals surface area contributed by atoms with Gasteiger partial charge in [-0.15, -0.1) is 11.3 Å². The quantitative estimate of drug-likeness (QED) is 0.620. The number of carbonyl (C=O) groups is 1. The van der Waals surface area contributed by atoms with E-state index in [0.29, 0.717) is 39.4 Å². The number of esters is 1. The van der Waals surface area contributed by atoms with Crippen LogP contribution in [-0.4, -0.2) is 34.8 Å². The molecule has 4 rings (SSSR count). The number of amidine groups is 1. The number of aromatic nitrogens is 1. The summed E-state index contributed by atoms with van der Waals surface area (Å²) in [4.78, 5) is 24.1. The fourth-order valence-corrected chi connectivity index (χ4v) is 4.81. The largest absolute Gasteiger partial charge is 0.463 e. The van der Waals surface area contributed by atoms with E-state index in [-0.39, 0.29) is 12.5 Å². The van der Waals surface area contributed by atoms with Gasteiger partial charge in [0.2, 0.25) is 0 Å². The lowest BCUT2D eigenvalue weighted by Crippen LogP contribution is -2.35. The summed E-state index contributed by atoms with van der Waals surface area (Å²) < 4.78 is 19.5. The van der Waals surface area contributed by atoms with E-state index < -0.39 is 17.8 Å². The predicted molar refractivity (Wildman–Crippen MR) is 110 cm³/mol. The highest BCUT2D eigenvalue weighted by molar-refractivity contribution is 9.10. The summed E-state index contributed by atoms with van der Waals surface area (Å²) in [7, 11) is 0. The maximum atomic E-state index is 13.7. The van der Waals surface area contributed by atoms with E-state index in [9.17, 15) is 14.4 Å². The molecule has 1 saturated heterocycles. The lowest BCUT2D eigenvalue weighted by atomic mass is 9.94. The van der Waals surface area contributed by atoms with Gasteiger partial charge in [0.1, 0.15) is 11.9 Å². The van der Waals surface area contributed by atoms with Crippen LogP contribution in [0, 0.1) is 23.1 Å². The van der Waals surface area contributed by atoms with Gasteiger partial charge in [-0.05, 0) is 24.6 Å². The number of nitrogens with zero attached hydrogens (tertiary/aromatic N) is 4. The standard InChI is InChI=1S/C20H16BrFN4O2S/c1-2-28-20(27)16-15-7-11(9-23)10-26(15)18(19-24-5-6-29-19)25-17(16)13-4-3-12(22)8-14(13)21/h3-6,8,11,17H,2,7,10H2,1H3/t11?,17-/m0/s1. The Morgan fingerprint density at radius 1 is 1.52 bits per heavy atom. The molecule has 2 aromatic rings. The first-order valence-electron chi connectivity index (χ1n) is 9.03. The first-order valence-corrected chi connectivity index (χ1v) is 10.7. The van der Waals surface area contributed by atoms with Gasteiger partial charge in [-0.25, -0.2) is 14.2 Å². The second-order valence-electron chi connectivity index (χ2n) is 6.58. The molecule has 2 aliphatic rings. The van der Waals surface area contributed by atoms with Crippen molar-refractivity contribution in [3.63, 3.8) is 0 Å². The van der Waals surface area contributed by atoms with Gasteiger partial charge in [0.05, 0.1) is 24.2 Å². The molecule has 0 saturated carbocycles. The van der Waals surface area contributed by atoms with Crippen LogP contribution in [0.5, 0.6) is 0 Å². The van der Waals surface area contributed by atoms with Gasteiger partial charge in [-0.3, -0.25) is 4.99 Å².